The summed E-state index contributed by atoms with van der Waals surface area (Å²) in [6.07, 6.45) is -0.125. The Balaban J connectivity index is 2.93. The van der Waals surface area contributed by atoms with Crippen molar-refractivity contribution in [2.24, 2.45) is 5.92 Å². The molecule has 1 aliphatic rings. The molecule has 0 saturated carbocycles. The highest BCUT2D eigenvalue weighted by Gasteiger charge is 2.43. The molecule has 1 N–H and O–H groups in total. The molecule has 0 bridgehead atoms. The monoisotopic (exact) mass is 256 g/mol. The molecule has 0 spiro atoms. The third-order valence-electron chi connectivity index (χ3n) is 3.37. The highest BCUT2D eigenvalue weighted by atomic mass is 16.4. The molecule has 0 radical (unpaired) electrons. The zero-order valence-electron chi connectivity index (χ0n) is 11.9. The predicted octanol–water partition coefficient (Wildman–Crippen LogP) is 1.04. The molecule has 0 aliphatic carbocycles. The highest BCUT2D eigenvalue weighted by Crippen LogP contribution is 2.26. The van der Waals surface area contributed by atoms with E-state index in [1.807, 2.05) is 30.7 Å². The van der Waals surface area contributed by atoms with Gasteiger partial charge in [-0.3, -0.25) is 14.5 Å². The van der Waals surface area contributed by atoms with Crippen LogP contribution in [0.25, 0.3) is 0 Å². The summed E-state index contributed by atoms with van der Waals surface area (Å²) in [6, 6.07) is -0.533. The molecule has 104 valence electrons. The van der Waals surface area contributed by atoms with Crippen LogP contribution >= 0.6 is 0 Å². The van der Waals surface area contributed by atoms with Gasteiger partial charge in [0, 0.05) is 18.6 Å². The number of carboxylic acid groups (broad SMARTS) is 1. The van der Waals surface area contributed by atoms with E-state index in [-0.39, 0.29) is 17.9 Å². The van der Waals surface area contributed by atoms with E-state index in [9.17, 15) is 9.59 Å². The molecule has 0 aromatic carbocycles. The zero-order chi connectivity index (χ0) is 14.1. The second-order valence-electron chi connectivity index (χ2n) is 6.18. The molecular formula is C13H24N2O3. The maximum Gasteiger partial charge on any atom is 0.305 e. The van der Waals surface area contributed by atoms with E-state index in [0.29, 0.717) is 19.0 Å². The molecule has 1 fully saturated rings. The Labute approximate surface area is 109 Å². The van der Waals surface area contributed by atoms with Crippen molar-refractivity contribution in [1.29, 1.82) is 0 Å². The number of hydrogen-bond donors (Lipinski definition) is 1. The number of amides is 1. The Bertz CT molecular complexity index is 339. The first-order valence-electron chi connectivity index (χ1n) is 6.38. The third-order valence-corrected chi connectivity index (χ3v) is 3.37. The number of carboxylic acids is 1. The topological polar surface area (TPSA) is 60.9 Å². The summed E-state index contributed by atoms with van der Waals surface area (Å²) in [6.45, 7) is 9.56. The van der Waals surface area contributed by atoms with Gasteiger partial charge in [0.25, 0.3) is 0 Å². The maximum absolute atomic E-state index is 12.4. The molecule has 1 unspecified atom stereocenters. The number of carbonyl (C=O) groups is 2. The van der Waals surface area contributed by atoms with Crippen molar-refractivity contribution < 1.29 is 14.7 Å². The number of nitrogens with zero attached hydrogens (tertiary/aromatic N) is 2. The average Bonchev–Trinajstić information content (AvgIpc) is 2.18. The summed E-state index contributed by atoms with van der Waals surface area (Å²) in [5.41, 5.74) is -0.245. The van der Waals surface area contributed by atoms with Gasteiger partial charge in [-0.2, -0.15) is 0 Å². The molecule has 0 aromatic rings. The van der Waals surface area contributed by atoms with Crippen molar-refractivity contribution in [2.75, 3.05) is 20.1 Å². The third kappa shape index (κ3) is 3.22. The number of carbonyl (C=O) groups excluding carboxylic acids is 1. The van der Waals surface area contributed by atoms with Gasteiger partial charge in [0.2, 0.25) is 5.91 Å². The molecule has 5 nitrogen and oxygen atoms in total. The summed E-state index contributed by atoms with van der Waals surface area (Å²) in [7, 11) is 1.82. The second kappa shape index (κ2) is 5.26. The van der Waals surface area contributed by atoms with E-state index in [0.717, 1.165) is 0 Å². The van der Waals surface area contributed by atoms with Crippen LogP contribution in [0.1, 0.15) is 34.1 Å². The number of piperazine rings is 1. The van der Waals surface area contributed by atoms with Gasteiger partial charge in [0.1, 0.15) is 0 Å². The lowest BCUT2D eigenvalue weighted by molar-refractivity contribution is -0.156. The second-order valence-corrected chi connectivity index (χ2v) is 6.18. The standard InChI is InChI=1S/C13H24N2O3/c1-9(2)7-15-12(18)10(6-11(16)17)14(5)8-13(15,3)4/h9-10H,6-8H2,1-5H3,(H,16,17). The van der Waals surface area contributed by atoms with Gasteiger partial charge in [-0.15, -0.1) is 0 Å². The van der Waals surface area contributed by atoms with Crippen LogP contribution in [0, 0.1) is 5.92 Å². The van der Waals surface area contributed by atoms with E-state index in [1.54, 1.807) is 0 Å². The molecule has 5 heteroatoms. The van der Waals surface area contributed by atoms with E-state index >= 15 is 0 Å². The summed E-state index contributed by atoms with van der Waals surface area (Å²) in [4.78, 5) is 27.0. The average molecular weight is 256 g/mol. The summed E-state index contributed by atoms with van der Waals surface area (Å²) >= 11 is 0. The first kappa shape index (κ1) is 15.0. The van der Waals surface area contributed by atoms with Crippen LogP contribution in [0.2, 0.25) is 0 Å². The summed E-state index contributed by atoms with van der Waals surface area (Å²) in [5.74, 6) is -0.614. The molecule has 1 atom stereocenters. The van der Waals surface area contributed by atoms with E-state index in [4.69, 9.17) is 5.11 Å². The minimum absolute atomic E-state index is 0.0650. The Kier molecular flexibility index (Phi) is 4.37. The Morgan fingerprint density at radius 3 is 2.50 bits per heavy atom. The minimum atomic E-state index is -0.926. The van der Waals surface area contributed by atoms with Crippen LogP contribution in [0.5, 0.6) is 0 Å². The van der Waals surface area contributed by atoms with E-state index in [1.165, 1.54) is 0 Å². The minimum Gasteiger partial charge on any atom is -0.481 e. The van der Waals surface area contributed by atoms with Crippen LogP contribution in [-0.4, -0.2) is 58.5 Å². The molecule has 1 heterocycles. The molecular weight excluding hydrogens is 232 g/mol. The maximum atomic E-state index is 12.4. The van der Waals surface area contributed by atoms with E-state index in [2.05, 4.69) is 13.8 Å². The molecule has 1 amide bonds. The van der Waals surface area contributed by atoms with Crippen molar-refractivity contribution >= 4 is 11.9 Å². The first-order chi connectivity index (χ1) is 8.15. The SMILES string of the molecule is CC(C)CN1C(=O)C(CC(=O)O)N(C)CC1(C)C. The van der Waals surface area contributed by atoms with Gasteiger partial charge in [-0.25, -0.2) is 0 Å². The zero-order valence-corrected chi connectivity index (χ0v) is 11.9. The van der Waals surface area contributed by atoms with Gasteiger partial charge < -0.3 is 10.0 Å². The Hall–Kier alpha value is -1.10. The fraction of sp³-hybridized carbons (Fsp3) is 0.846. The van der Waals surface area contributed by atoms with Gasteiger partial charge in [0.05, 0.1) is 12.5 Å². The molecule has 1 saturated heterocycles. The quantitative estimate of drug-likeness (QED) is 0.816. The van der Waals surface area contributed by atoms with E-state index < -0.39 is 12.0 Å². The van der Waals surface area contributed by atoms with Gasteiger partial charge >= 0.3 is 5.97 Å². The van der Waals surface area contributed by atoms with Gasteiger partial charge in [-0.1, -0.05) is 13.8 Å². The van der Waals surface area contributed by atoms with Gasteiger partial charge in [-0.05, 0) is 26.8 Å². The van der Waals surface area contributed by atoms with Gasteiger partial charge in [0.15, 0.2) is 0 Å². The number of aliphatic carboxylic acids is 1. The normalized spacial score (nSPS) is 24.7. The Morgan fingerprint density at radius 1 is 1.50 bits per heavy atom. The molecule has 1 aliphatic heterocycles. The first-order valence-corrected chi connectivity index (χ1v) is 6.38. The smallest absolute Gasteiger partial charge is 0.305 e. The summed E-state index contributed by atoms with van der Waals surface area (Å²) < 4.78 is 0. The van der Waals surface area contributed by atoms with Crippen LogP contribution in [-0.2, 0) is 9.59 Å². The fourth-order valence-corrected chi connectivity index (χ4v) is 2.58. The van der Waals surface area contributed by atoms with Crippen LogP contribution in [0.4, 0.5) is 0 Å². The predicted molar refractivity (Wildman–Crippen MR) is 69.3 cm³/mol. The number of hydrogen-bond acceptors (Lipinski definition) is 3. The molecule has 1 rings (SSSR count). The van der Waals surface area contributed by atoms with Crippen LogP contribution in [0.15, 0.2) is 0 Å². The van der Waals surface area contributed by atoms with Crippen molar-refractivity contribution in [1.82, 2.24) is 9.80 Å². The fourth-order valence-electron chi connectivity index (χ4n) is 2.58. The summed E-state index contributed by atoms with van der Waals surface area (Å²) in [5, 5.41) is 8.90. The lowest BCUT2D eigenvalue weighted by atomic mass is 9.93. The van der Waals surface area contributed by atoms with Crippen LogP contribution < -0.4 is 0 Å². The van der Waals surface area contributed by atoms with Crippen LogP contribution in [0.3, 0.4) is 0 Å². The number of rotatable bonds is 4. The van der Waals surface area contributed by atoms with Crippen molar-refractivity contribution in [3.05, 3.63) is 0 Å². The molecule has 18 heavy (non-hydrogen) atoms. The highest BCUT2D eigenvalue weighted by molar-refractivity contribution is 5.87. The Morgan fingerprint density at radius 2 is 2.06 bits per heavy atom. The molecule has 0 aromatic heterocycles. The number of likely N-dealkylation sites (N-methyl/N-ethyl adjacent to an activating group) is 1. The van der Waals surface area contributed by atoms with Crippen molar-refractivity contribution in [3.63, 3.8) is 0 Å². The largest absolute Gasteiger partial charge is 0.481 e. The lowest BCUT2D eigenvalue weighted by Gasteiger charge is -2.49. The van der Waals surface area contributed by atoms with Crippen molar-refractivity contribution in [2.45, 2.75) is 45.7 Å². The lowest BCUT2D eigenvalue weighted by Crippen LogP contribution is -2.66. The van der Waals surface area contributed by atoms with Crippen molar-refractivity contribution in [3.8, 4) is 0 Å².